The molecule has 0 spiro atoms. The Kier molecular flexibility index (Phi) is 4.40. The second kappa shape index (κ2) is 5.89. The summed E-state index contributed by atoms with van der Waals surface area (Å²) < 4.78 is 33.0. The Bertz CT molecular complexity index is 666. The normalized spacial score (nSPS) is 10.4. The summed E-state index contributed by atoms with van der Waals surface area (Å²) in [6, 6.07) is 6.22. The quantitative estimate of drug-likeness (QED) is 0.746. The lowest BCUT2D eigenvalue weighted by atomic mass is 10.0. The van der Waals surface area contributed by atoms with E-state index < -0.39 is 23.0 Å². The van der Waals surface area contributed by atoms with Crippen LogP contribution in [0.5, 0.6) is 5.75 Å². The minimum absolute atomic E-state index is 0.00499. The molecule has 0 heterocycles. The van der Waals surface area contributed by atoms with Gasteiger partial charge in [0.25, 0.3) is 0 Å². The maximum Gasteiger partial charge on any atom is 0.198 e. The Hall–Kier alpha value is -1.46. The fourth-order valence-corrected chi connectivity index (χ4v) is 2.09. The van der Waals surface area contributed by atoms with Crippen LogP contribution < -0.4 is 4.74 Å². The lowest BCUT2D eigenvalue weighted by Crippen LogP contribution is -2.08. The van der Waals surface area contributed by atoms with Gasteiger partial charge in [0.2, 0.25) is 0 Å². The Morgan fingerprint density at radius 3 is 2.30 bits per heavy atom. The number of benzene rings is 2. The molecule has 6 heteroatoms. The summed E-state index contributed by atoms with van der Waals surface area (Å²) in [5.74, 6) is -2.74. The molecule has 0 fully saturated rings. The van der Waals surface area contributed by atoms with E-state index >= 15 is 0 Å². The Labute approximate surface area is 127 Å². The standard InChI is InChI=1S/C14H8BrClF2O2/c1-20-8-5-11(17)13(12(18)6-8)14(19)7-2-3-9(15)10(16)4-7/h2-6H,1H3. The molecule has 0 unspecified atom stereocenters. The number of rotatable bonds is 3. The van der Waals surface area contributed by atoms with Gasteiger partial charge in [-0.15, -0.1) is 0 Å². The smallest absolute Gasteiger partial charge is 0.198 e. The SMILES string of the molecule is COc1cc(F)c(C(=O)c2ccc(Br)c(Cl)c2)c(F)c1. The van der Waals surface area contributed by atoms with Crippen molar-refractivity contribution in [3.05, 3.63) is 62.6 Å². The molecule has 0 bridgehead atoms. The molecule has 0 radical (unpaired) electrons. The van der Waals surface area contributed by atoms with Gasteiger partial charge in [-0.3, -0.25) is 4.79 Å². The number of ketones is 1. The molecule has 2 nitrogen and oxygen atoms in total. The van der Waals surface area contributed by atoms with E-state index in [0.717, 1.165) is 12.1 Å². The van der Waals surface area contributed by atoms with Crippen LogP contribution in [0.4, 0.5) is 8.78 Å². The number of carbonyl (C=O) groups excluding carboxylic acids is 1. The zero-order valence-electron chi connectivity index (χ0n) is 10.2. The fourth-order valence-electron chi connectivity index (χ4n) is 1.67. The molecule has 2 rings (SSSR count). The van der Waals surface area contributed by atoms with E-state index in [9.17, 15) is 13.6 Å². The molecule has 0 aromatic heterocycles. The van der Waals surface area contributed by atoms with Crippen molar-refractivity contribution < 1.29 is 18.3 Å². The lowest BCUT2D eigenvalue weighted by molar-refractivity contribution is 0.103. The number of hydrogen-bond acceptors (Lipinski definition) is 2. The van der Waals surface area contributed by atoms with E-state index in [0.29, 0.717) is 4.47 Å². The highest BCUT2D eigenvalue weighted by Gasteiger charge is 2.21. The van der Waals surface area contributed by atoms with Gasteiger partial charge in [0, 0.05) is 22.2 Å². The molecule has 0 saturated carbocycles. The first-order chi connectivity index (χ1) is 9.43. The van der Waals surface area contributed by atoms with E-state index in [-0.39, 0.29) is 16.3 Å². The molecule has 0 aliphatic carbocycles. The Balaban J connectivity index is 2.50. The first kappa shape index (κ1) is 14.9. The van der Waals surface area contributed by atoms with Gasteiger partial charge in [-0.25, -0.2) is 8.78 Å². The first-order valence-corrected chi connectivity index (χ1v) is 6.64. The van der Waals surface area contributed by atoms with E-state index in [1.807, 2.05) is 0 Å². The predicted octanol–water partition coefficient (Wildman–Crippen LogP) is 4.62. The Morgan fingerprint density at radius 1 is 1.20 bits per heavy atom. The van der Waals surface area contributed by atoms with Crippen molar-refractivity contribution in [2.75, 3.05) is 7.11 Å². The van der Waals surface area contributed by atoms with Crippen LogP contribution in [-0.4, -0.2) is 12.9 Å². The van der Waals surface area contributed by atoms with Crippen molar-refractivity contribution in [2.24, 2.45) is 0 Å². The third kappa shape index (κ3) is 2.83. The van der Waals surface area contributed by atoms with E-state index in [4.69, 9.17) is 16.3 Å². The molecule has 0 atom stereocenters. The van der Waals surface area contributed by atoms with Gasteiger partial charge in [-0.05, 0) is 34.1 Å². The average molecular weight is 362 g/mol. The van der Waals surface area contributed by atoms with Crippen LogP contribution in [-0.2, 0) is 0 Å². The first-order valence-electron chi connectivity index (χ1n) is 5.47. The second-order valence-electron chi connectivity index (χ2n) is 3.92. The van der Waals surface area contributed by atoms with Gasteiger partial charge in [0.15, 0.2) is 5.78 Å². The largest absolute Gasteiger partial charge is 0.497 e. The number of halogens is 4. The molecule has 0 aliphatic rings. The second-order valence-corrected chi connectivity index (χ2v) is 5.19. The zero-order chi connectivity index (χ0) is 14.9. The summed E-state index contributed by atoms with van der Waals surface area (Å²) in [5, 5.41) is 0.283. The Morgan fingerprint density at radius 2 is 1.80 bits per heavy atom. The summed E-state index contributed by atoms with van der Waals surface area (Å²) in [4.78, 5) is 12.2. The highest BCUT2D eigenvalue weighted by atomic mass is 79.9. The van der Waals surface area contributed by atoms with Gasteiger partial charge in [0.05, 0.1) is 17.7 Å². The van der Waals surface area contributed by atoms with Crippen LogP contribution in [0, 0.1) is 11.6 Å². The molecule has 0 saturated heterocycles. The number of carbonyl (C=O) groups is 1. The van der Waals surface area contributed by atoms with Gasteiger partial charge in [-0.1, -0.05) is 11.6 Å². The van der Waals surface area contributed by atoms with Crippen LogP contribution in [0.1, 0.15) is 15.9 Å². The van der Waals surface area contributed by atoms with Crippen molar-refractivity contribution in [3.8, 4) is 5.75 Å². The van der Waals surface area contributed by atoms with Crippen molar-refractivity contribution >= 4 is 33.3 Å². The number of hydrogen-bond donors (Lipinski definition) is 0. The molecule has 2 aromatic rings. The van der Waals surface area contributed by atoms with Crippen molar-refractivity contribution in [3.63, 3.8) is 0 Å². The minimum Gasteiger partial charge on any atom is -0.497 e. The van der Waals surface area contributed by atoms with Gasteiger partial charge in [0.1, 0.15) is 17.4 Å². The van der Waals surface area contributed by atoms with Gasteiger partial charge in [-0.2, -0.15) is 0 Å². The average Bonchev–Trinajstić information content (AvgIpc) is 2.40. The maximum absolute atomic E-state index is 13.8. The third-order valence-corrected chi connectivity index (χ3v) is 3.89. The van der Waals surface area contributed by atoms with E-state index in [1.165, 1.54) is 25.3 Å². The summed E-state index contributed by atoms with van der Waals surface area (Å²) >= 11 is 9.04. The summed E-state index contributed by atoms with van der Waals surface area (Å²) in [5.41, 5.74) is -0.537. The molecule has 0 N–H and O–H groups in total. The maximum atomic E-state index is 13.8. The molecule has 2 aromatic carbocycles. The van der Waals surface area contributed by atoms with Crippen molar-refractivity contribution in [1.82, 2.24) is 0 Å². The highest BCUT2D eigenvalue weighted by Crippen LogP contribution is 2.27. The predicted molar refractivity (Wildman–Crippen MR) is 75.5 cm³/mol. The zero-order valence-corrected chi connectivity index (χ0v) is 12.6. The van der Waals surface area contributed by atoms with Crippen molar-refractivity contribution in [2.45, 2.75) is 0 Å². The van der Waals surface area contributed by atoms with Crippen LogP contribution in [0.15, 0.2) is 34.8 Å². The van der Waals surface area contributed by atoms with Gasteiger partial charge < -0.3 is 4.74 Å². The van der Waals surface area contributed by atoms with Crippen molar-refractivity contribution in [1.29, 1.82) is 0 Å². The monoisotopic (exact) mass is 360 g/mol. The van der Waals surface area contributed by atoms with Gasteiger partial charge >= 0.3 is 0 Å². The van der Waals surface area contributed by atoms with Crippen LogP contribution >= 0.6 is 27.5 Å². The lowest BCUT2D eigenvalue weighted by Gasteiger charge is -2.07. The van der Waals surface area contributed by atoms with Crippen LogP contribution in [0.25, 0.3) is 0 Å². The minimum atomic E-state index is -0.981. The van der Waals surface area contributed by atoms with E-state index in [1.54, 1.807) is 0 Å². The molecular formula is C14H8BrClF2O2. The third-order valence-electron chi connectivity index (χ3n) is 2.66. The number of ether oxygens (including phenoxy) is 1. The summed E-state index contributed by atoms with van der Waals surface area (Å²) in [6.07, 6.45) is 0. The van der Waals surface area contributed by atoms with E-state index in [2.05, 4.69) is 15.9 Å². The molecular weight excluding hydrogens is 354 g/mol. The summed E-state index contributed by atoms with van der Waals surface area (Å²) in [7, 11) is 1.28. The summed E-state index contributed by atoms with van der Waals surface area (Å²) in [6.45, 7) is 0. The van der Waals surface area contributed by atoms with Crippen LogP contribution in [0.2, 0.25) is 5.02 Å². The molecule has 0 aliphatic heterocycles. The topological polar surface area (TPSA) is 26.3 Å². The molecule has 0 amide bonds. The fraction of sp³-hybridized carbons (Fsp3) is 0.0714. The molecule has 104 valence electrons. The van der Waals surface area contributed by atoms with Crippen LogP contribution in [0.3, 0.4) is 0 Å². The highest BCUT2D eigenvalue weighted by molar-refractivity contribution is 9.10. The number of methoxy groups -OCH3 is 1. The molecule has 20 heavy (non-hydrogen) atoms.